The van der Waals surface area contributed by atoms with E-state index in [1.54, 1.807) is 11.3 Å². The molecule has 0 radical (unpaired) electrons. The minimum absolute atomic E-state index is 0.0986. The first-order valence-corrected chi connectivity index (χ1v) is 11.0. The Morgan fingerprint density at radius 1 is 0.967 bits per heavy atom. The predicted octanol–water partition coefficient (Wildman–Crippen LogP) is 5.33. The van der Waals surface area contributed by atoms with Crippen LogP contribution in [0.25, 0.3) is 16.3 Å². The van der Waals surface area contributed by atoms with Gasteiger partial charge in [0.05, 0.1) is 16.1 Å². The SMILES string of the molecule is O=C1c2ccccc2N[C@@H](c2cn(-c3ccccc3)nc2-c2cccs2)N1C1CC1. The van der Waals surface area contributed by atoms with E-state index in [2.05, 4.69) is 23.0 Å². The van der Waals surface area contributed by atoms with Gasteiger partial charge in [0, 0.05) is 23.5 Å². The maximum Gasteiger partial charge on any atom is 0.258 e. The van der Waals surface area contributed by atoms with Crippen molar-refractivity contribution in [1.29, 1.82) is 0 Å². The van der Waals surface area contributed by atoms with Crippen LogP contribution in [0.4, 0.5) is 5.69 Å². The number of aromatic nitrogens is 2. The molecule has 0 spiro atoms. The van der Waals surface area contributed by atoms with Crippen LogP contribution < -0.4 is 5.32 Å². The number of carbonyl (C=O) groups is 1. The molecule has 5 nitrogen and oxygen atoms in total. The molecule has 2 aromatic heterocycles. The van der Waals surface area contributed by atoms with Crippen molar-refractivity contribution in [2.24, 2.45) is 0 Å². The minimum atomic E-state index is -0.241. The Labute approximate surface area is 178 Å². The van der Waals surface area contributed by atoms with Gasteiger partial charge in [0.1, 0.15) is 11.9 Å². The summed E-state index contributed by atoms with van der Waals surface area (Å²) in [5.41, 5.74) is 4.57. The number of rotatable bonds is 4. The van der Waals surface area contributed by atoms with Crippen molar-refractivity contribution in [2.75, 3.05) is 5.32 Å². The second-order valence-electron chi connectivity index (χ2n) is 7.73. The Hall–Kier alpha value is -3.38. The monoisotopic (exact) mass is 412 g/mol. The highest BCUT2D eigenvalue weighted by molar-refractivity contribution is 7.13. The first-order valence-electron chi connectivity index (χ1n) is 10.2. The lowest BCUT2D eigenvalue weighted by Crippen LogP contribution is -2.44. The van der Waals surface area contributed by atoms with Gasteiger partial charge >= 0.3 is 0 Å². The van der Waals surface area contributed by atoms with Gasteiger partial charge in [0.2, 0.25) is 0 Å². The van der Waals surface area contributed by atoms with Crippen LogP contribution >= 0.6 is 11.3 Å². The number of fused-ring (bicyclic) bond motifs is 1. The topological polar surface area (TPSA) is 50.2 Å². The van der Waals surface area contributed by atoms with Crippen LogP contribution in [0, 0.1) is 0 Å². The van der Waals surface area contributed by atoms with E-state index >= 15 is 0 Å². The maximum atomic E-state index is 13.4. The van der Waals surface area contributed by atoms with E-state index in [0.717, 1.165) is 45.9 Å². The molecule has 1 aliphatic carbocycles. The van der Waals surface area contributed by atoms with Crippen LogP contribution in [0.15, 0.2) is 78.3 Å². The molecular weight excluding hydrogens is 392 g/mol. The third kappa shape index (κ3) is 2.83. The van der Waals surface area contributed by atoms with E-state index in [4.69, 9.17) is 5.10 Å². The van der Waals surface area contributed by atoms with E-state index in [1.165, 1.54) is 0 Å². The fourth-order valence-corrected chi connectivity index (χ4v) is 4.86. The highest BCUT2D eigenvalue weighted by atomic mass is 32.1. The molecule has 0 unspecified atom stereocenters. The highest BCUT2D eigenvalue weighted by Gasteiger charge is 2.43. The minimum Gasteiger partial charge on any atom is -0.361 e. The van der Waals surface area contributed by atoms with E-state index < -0.39 is 0 Å². The number of hydrogen-bond acceptors (Lipinski definition) is 4. The molecule has 0 bridgehead atoms. The van der Waals surface area contributed by atoms with Crippen molar-refractivity contribution in [3.63, 3.8) is 0 Å². The van der Waals surface area contributed by atoms with Gasteiger partial charge in [-0.3, -0.25) is 4.79 Å². The third-order valence-corrected chi connectivity index (χ3v) is 6.59. The van der Waals surface area contributed by atoms with Crippen LogP contribution in [0.1, 0.15) is 34.9 Å². The van der Waals surface area contributed by atoms with Gasteiger partial charge in [-0.2, -0.15) is 5.10 Å². The summed E-state index contributed by atoms with van der Waals surface area (Å²) in [4.78, 5) is 16.5. The lowest BCUT2D eigenvalue weighted by atomic mass is 10.0. The molecule has 148 valence electrons. The molecule has 2 aliphatic rings. The number of amides is 1. The molecule has 1 saturated carbocycles. The second-order valence-corrected chi connectivity index (χ2v) is 8.67. The Bertz CT molecular complexity index is 1210. The largest absolute Gasteiger partial charge is 0.361 e. The number of thiophene rings is 1. The fraction of sp³-hybridized carbons (Fsp3) is 0.167. The lowest BCUT2D eigenvalue weighted by Gasteiger charge is -2.38. The van der Waals surface area contributed by atoms with Gasteiger partial charge in [-0.1, -0.05) is 36.4 Å². The van der Waals surface area contributed by atoms with Crippen molar-refractivity contribution in [1.82, 2.24) is 14.7 Å². The van der Waals surface area contributed by atoms with Crippen molar-refractivity contribution in [3.05, 3.63) is 89.4 Å². The molecule has 1 aliphatic heterocycles. The fourth-order valence-electron chi connectivity index (χ4n) is 4.13. The van der Waals surface area contributed by atoms with Crippen molar-refractivity contribution < 1.29 is 4.79 Å². The number of para-hydroxylation sites is 2. The van der Waals surface area contributed by atoms with E-state index in [1.807, 2.05) is 70.2 Å². The quantitative estimate of drug-likeness (QED) is 0.493. The maximum absolute atomic E-state index is 13.4. The van der Waals surface area contributed by atoms with Crippen LogP contribution in [0.2, 0.25) is 0 Å². The zero-order valence-electron chi connectivity index (χ0n) is 16.2. The zero-order chi connectivity index (χ0) is 20.1. The normalized spacial score (nSPS) is 18.2. The molecule has 1 amide bonds. The third-order valence-electron chi connectivity index (χ3n) is 5.72. The van der Waals surface area contributed by atoms with E-state index in [9.17, 15) is 4.79 Å². The molecule has 0 saturated heterocycles. The van der Waals surface area contributed by atoms with Gasteiger partial charge in [0.25, 0.3) is 5.91 Å². The van der Waals surface area contributed by atoms with Crippen molar-refractivity contribution in [3.8, 4) is 16.3 Å². The molecule has 1 atom stereocenters. The summed E-state index contributed by atoms with van der Waals surface area (Å²) in [6.45, 7) is 0. The predicted molar refractivity (Wildman–Crippen MR) is 119 cm³/mol. The summed E-state index contributed by atoms with van der Waals surface area (Å²) in [5, 5.41) is 10.6. The standard InChI is InChI=1S/C24H20N4OS/c29-24-18-9-4-5-10-20(18)25-23(28(24)17-12-13-17)19-15-27(16-7-2-1-3-8-16)26-22(19)21-11-6-14-30-21/h1-11,14-15,17,23,25H,12-13H2/t23-/m1/s1. The smallest absolute Gasteiger partial charge is 0.258 e. The second kappa shape index (κ2) is 6.85. The summed E-state index contributed by atoms with van der Waals surface area (Å²) in [5.74, 6) is 0.0986. The Morgan fingerprint density at radius 3 is 2.53 bits per heavy atom. The molecule has 1 fully saturated rings. The number of anilines is 1. The highest BCUT2D eigenvalue weighted by Crippen LogP contribution is 2.43. The van der Waals surface area contributed by atoms with E-state index in [0.29, 0.717) is 0 Å². The van der Waals surface area contributed by atoms with Gasteiger partial charge in [-0.15, -0.1) is 11.3 Å². The Morgan fingerprint density at radius 2 is 1.77 bits per heavy atom. The summed E-state index contributed by atoms with van der Waals surface area (Å²) in [6, 6.07) is 22.3. The summed E-state index contributed by atoms with van der Waals surface area (Å²) >= 11 is 1.67. The van der Waals surface area contributed by atoms with Gasteiger partial charge in [-0.25, -0.2) is 4.68 Å². The first kappa shape index (κ1) is 17.5. The van der Waals surface area contributed by atoms with Crippen molar-refractivity contribution in [2.45, 2.75) is 25.0 Å². The molecular formula is C24H20N4OS. The number of hydrogen-bond donors (Lipinski definition) is 1. The van der Waals surface area contributed by atoms with Gasteiger partial charge < -0.3 is 10.2 Å². The van der Waals surface area contributed by atoms with Crippen LogP contribution in [0.5, 0.6) is 0 Å². The van der Waals surface area contributed by atoms with Gasteiger partial charge in [0.15, 0.2) is 0 Å². The zero-order valence-corrected chi connectivity index (χ0v) is 17.0. The summed E-state index contributed by atoms with van der Waals surface area (Å²) < 4.78 is 1.92. The number of nitrogens with zero attached hydrogens (tertiary/aromatic N) is 3. The molecule has 6 rings (SSSR count). The average molecular weight is 413 g/mol. The Kier molecular flexibility index (Phi) is 3.99. The summed E-state index contributed by atoms with van der Waals surface area (Å²) in [7, 11) is 0. The molecule has 2 aromatic carbocycles. The summed E-state index contributed by atoms with van der Waals surface area (Å²) in [6.07, 6.45) is 3.92. The number of nitrogens with one attached hydrogen (secondary N) is 1. The number of carbonyl (C=O) groups excluding carboxylic acids is 1. The van der Waals surface area contributed by atoms with Crippen LogP contribution in [-0.2, 0) is 0 Å². The lowest BCUT2D eigenvalue weighted by molar-refractivity contribution is 0.0667. The van der Waals surface area contributed by atoms with Crippen LogP contribution in [0.3, 0.4) is 0 Å². The Balaban J connectivity index is 1.52. The first-order chi connectivity index (χ1) is 14.8. The molecule has 3 heterocycles. The molecule has 6 heteroatoms. The van der Waals surface area contributed by atoms with Crippen LogP contribution in [-0.4, -0.2) is 26.6 Å². The number of benzene rings is 2. The molecule has 1 N–H and O–H groups in total. The van der Waals surface area contributed by atoms with E-state index in [-0.39, 0.29) is 18.1 Å². The molecule has 4 aromatic rings. The molecule has 30 heavy (non-hydrogen) atoms. The van der Waals surface area contributed by atoms with Gasteiger partial charge in [-0.05, 0) is 48.6 Å². The van der Waals surface area contributed by atoms with Crippen molar-refractivity contribution >= 4 is 22.9 Å². The average Bonchev–Trinajstić information content (AvgIpc) is 3.29.